The summed E-state index contributed by atoms with van der Waals surface area (Å²) in [6.07, 6.45) is 0. The molecule has 0 spiro atoms. The molecule has 3 N–H and O–H groups in total. The molecule has 0 atom stereocenters. The fraction of sp³-hybridized carbons (Fsp3) is 0.231. The highest BCUT2D eigenvalue weighted by molar-refractivity contribution is 5.39. The maximum atomic E-state index is 5.65. The second-order valence-corrected chi connectivity index (χ2v) is 3.86. The highest BCUT2D eigenvalue weighted by Crippen LogP contribution is 2.23. The number of nitrogens with two attached hydrogens (primary N) is 1. The molecule has 7 nitrogen and oxygen atoms in total. The summed E-state index contributed by atoms with van der Waals surface area (Å²) in [5, 5.41) is 0. The molecule has 0 aliphatic rings. The summed E-state index contributed by atoms with van der Waals surface area (Å²) < 4.78 is 15.7. The summed E-state index contributed by atoms with van der Waals surface area (Å²) in [7, 11) is 3.17. The van der Waals surface area contributed by atoms with Crippen molar-refractivity contribution < 1.29 is 14.2 Å². The van der Waals surface area contributed by atoms with Gasteiger partial charge in [-0.05, 0) is 24.3 Å². The Morgan fingerprint density at radius 3 is 2.40 bits per heavy atom. The van der Waals surface area contributed by atoms with E-state index in [1.54, 1.807) is 44.6 Å². The van der Waals surface area contributed by atoms with E-state index < -0.39 is 0 Å². The highest BCUT2D eigenvalue weighted by Gasteiger charge is 2.06. The zero-order chi connectivity index (χ0) is 14.4. The van der Waals surface area contributed by atoms with Crippen LogP contribution in [-0.4, -0.2) is 24.2 Å². The average molecular weight is 276 g/mol. The molecule has 106 valence electrons. The Kier molecular flexibility index (Phi) is 4.70. The number of benzene rings is 1. The Bertz CT molecular complexity index is 560. The van der Waals surface area contributed by atoms with Crippen molar-refractivity contribution in [1.82, 2.24) is 9.97 Å². The van der Waals surface area contributed by atoms with E-state index >= 15 is 0 Å². The minimum absolute atomic E-state index is 0.272. The normalized spacial score (nSPS) is 10.2. The lowest BCUT2D eigenvalue weighted by atomic mass is 10.3. The molecule has 7 heteroatoms. The van der Waals surface area contributed by atoms with E-state index in [1.165, 1.54) is 0 Å². The first-order valence-electron chi connectivity index (χ1n) is 5.90. The number of hydrazine groups is 1. The Labute approximate surface area is 116 Å². The molecule has 2 aromatic rings. The minimum Gasteiger partial charge on any atom is -0.497 e. The summed E-state index contributed by atoms with van der Waals surface area (Å²) in [5.74, 6) is 8.06. The van der Waals surface area contributed by atoms with E-state index in [0.717, 1.165) is 5.75 Å². The SMILES string of the molecule is COCc1nc(NN)cc(Oc2ccc(OC)cc2)n1. The van der Waals surface area contributed by atoms with Crippen LogP contribution in [0.1, 0.15) is 5.82 Å². The third-order valence-electron chi connectivity index (χ3n) is 2.45. The van der Waals surface area contributed by atoms with Gasteiger partial charge in [-0.1, -0.05) is 0 Å². The lowest BCUT2D eigenvalue weighted by Crippen LogP contribution is -2.11. The molecule has 20 heavy (non-hydrogen) atoms. The molecular weight excluding hydrogens is 260 g/mol. The number of aromatic nitrogens is 2. The highest BCUT2D eigenvalue weighted by atomic mass is 16.5. The lowest BCUT2D eigenvalue weighted by molar-refractivity contribution is 0.177. The number of nitrogens with zero attached hydrogens (tertiary/aromatic N) is 2. The molecule has 0 saturated carbocycles. The number of nitrogen functional groups attached to an aromatic ring is 1. The standard InChI is InChI=1S/C13H16N4O3/c1-18-8-12-15-11(17-14)7-13(16-12)20-10-5-3-9(19-2)4-6-10/h3-7H,8,14H2,1-2H3,(H,15,16,17). The van der Waals surface area contributed by atoms with Crippen molar-refractivity contribution in [2.24, 2.45) is 5.84 Å². The number of rotatable bonds is 6. The second-order valence-electron chi connectivity index (χ2n) is 3.86. The predicted molar refractivity (Wildman–Crippen MR) is 73.6 cm³/mol. The molecule has 1 aromatic carbocycles. The van der Waals surface area contributed by atoms with Crippen molar-refractivity contribution in [3.05, 3.63) is 36.2 Å². The fourth-order valence-corrected chi connectivity index (χ4v) is 1.56. The van der Waals surface area contributed by atoms with Gasteiger partial charge >= 0.3 is 0 Å². The van der Waals surface area contributed by atoms with E-state index in [4.69, 9.17) is 20.1 Å². The summed E-state index contributed by atoms with van der Waals surface area (Å²) in [6, 6.07) is 8.77. The van der Waals surface area contributed by atoms with Gasteiger partial charge in [0.25, 0.3) is 0 Å². The number of methoxy groups -OCH3 is 2. The molecule has 0 fully saturated rings. The lowest BCUT2D eigenvalue weighted by Gasteiger charge is -2.09. The van der Waals surface area contributed by atoms with Gasteiger partial charge in [0, 0.05) is 13.2 Å². The van der Waals surface area contributed by atoms with Gasteiger partial charge in [0.15, 0.2) is 5.82 Å². The topological polar surface area (TPSA) is 91.5 Å². The maximum Gasteiger partial charge on any atom is 0.224 e. The van der Waals surface area contributed by atoms with Crippen LogP contribution in [0.5, 0.6) is 17.4 Å². The molecule has 0 unspecified atom stereocenters. The van der Waals surface area contributed by atoms with Gasteiger partial charge in [0.1, 0.15) is 23.9 Å². The van der Waals surface area contributed by atoms with E-state index in [1.807, 2.05) is 0 Å². The molecule has 0 saturated heterocycles. The van der Waals surface area contributed by atoms with Crippen molar-refractivity contribution in [1.29, 1.82) is 0 Å². The largest absolute Gasteiger partial charge is 0.497 e. The van der Waals surface area contributed by atoms with Gasteiger partial charge in [-0.25, -0.2) is 10.8 Å². The Morgan fingerprint density at radius 2 is 1.80 bits per heavy atom. The first kappa shape index (κ1) is 14.0. The van der Waals surface area contributed by atoms with Gasteiger partial charge in [-0.15, -0.1) is 0 Å². The molecule has 1 heterocycles. The van der Waals surface area contributed by atoms with Crippen LogP contribution in [0.15, 0.2) is 30.3 Å². The van der Waals surface area contributed by atoms with Gasteiger partial charge < -0.3 is 19.6 Å². The molecule has 1 aromatic heterocycles. The van der Waals surface area contributed by atoms with Crippen LogP contribution in [0.3, 0.4) is 0 Å². The van der Waals surface area contributed by atoms with Crippen molar-refractivity contribution in [2.75, 3.05) is 19.6 Å². The zero-order valence-electron chi connectivity index (χ0n) is 11.3. The number of nitrogens with one attached hydrogen (secondary N) is 1. The van der Waals surface area contributed by atoms with Gasteiger partial charge in [-0.3, -0.25) is 0 Å². The molecule has 0 amide bonds. The Morgan fingerprint density at radius 1 is 1.10 bits per heavy atom. The van der Waals surface area contributed by atoms with Crippen LogP contribution in [-0.2, 0) is 11.3 Å². The third-order valence-corrected chi connectivity index (χ3v) is 2.45. The molecular formula is C13H16N4O3. The van der Waals surface area contributed by atoms with Crippen LogP contribution < -0.4 is 20.7 Å². The quantitative estimate of drug-likeness (QED) is 0.613. The van der Waals surface area contributed by atoms with Crippen LogP contribution in [0.2, 0.25) is 0 Å². The number of hydrogen-bond donors (Lipinski definition) is 2. The predicted octanol–water partition coefficient (Wildman–Crippen LogP) is 1.71. The molecule has 2 rings (SSSR count). The van der Waals surface area contributed by atoms with Gasteiger partial charge in [-0.2, -0.15) is 4.98 Å². The number of anilines is 1. The summed E-state index contributed by atoms with van der Waals surface area (Å²) in [4.78, 5) is 8.36. The summed E-state index contributed by atoms with van der Waals surface area (Å²) >= 11 is 0. The Balaban J connectivity index is 2.20. The van der Waals surface area contributed by atoms with Crippen LogP contribution in [0, 0.1) is 0 Å². The van der Waals surface area contributed by atoms with Crippen LogP contribution in [0.25, 0.3) is 0 Å². The second kappa shape index (κ2) is 6.69. The molecule has 0 radical (unpaired) electrons. The van der Waals surface area contributed by atoms with Crippen molar-refractivity contribution >= 4 is 5.82 Å². The summed E-state index contributed by atoms with van der Waals surface area (Å²) in [5.41, 5.74) is 2.46. The Hall–Kier alpha value is -2.38. The number of hydrogen-bond acceptors (Lipinski definition) is 7. The monoisotopic (exact) mass is 276 g/mol. The first-order valence-corrected chi connectivity index (χ1v) is 5.90. The minimum atomic E-state index is 0.272. The van der Waals surface area contributed by atoms with Gasteiger partial charge in [0.2, 0.25) is 5.88 Å². The fourth-order valence-electron chi connectivity index (χ4n) is 1.56. The van der Waals surface area contributed by atoms with Crippen molar-refractivity contribution in [2.45, 2.75) is 6.61 Å². The van der Waals surface area contributed by atoms with Crippen molar-refractivity contribution in [3.8, 4) is 17.4 Å². The smallest absolute Gasteiger partial charge is 0.224 e. The van der Waals surface area contributed by atoms with Gasteiger partial charge in [0.05, 0.1) is 7.11 Å². The van der Waals surface area contributed by atoms with E-state index in [-0.39, 0.29) is 6.61 Å². The molecule has 0 bridgehead atoms. The number of ether oxygens (including phenoxy) is 3. The van der Waals surface area contributed by atoms with E-state index in [9.17, 15) is 0 Å². The van der Waals surface area contributed by atoms with Crippen LogP contribution in [0.4, 0.5) is 5.82 Å². The van der Waals surface area contributed by atoms with Crippen LogP contribution >= 0.6 is 0 Å². The summed E-state index contributed by atoms with van der Waals surface area (Å²) in [6.45, 7) is 0.272. The zero-order valence-corrected chi connectivity index (χ0v) is 11.3. The molecule has 0 aliphatic heterocycles. The third kappa shape index (κ3) is 3.56. The molecule has 0 aliphatic carbocycles. The van der Waals surface area contributed by atoms with E-state index in [2.05, 4.69) is 15.4 Å². The van der Waals surface area contributed by atoms with Crippen molar-refractivity contribution in [3.63, 3.8) is 0 Å². The first-order chi connectivity index (χ1) is 9.75. The van der Waals surface area contributed by atoms with E-state index in [0.29, 0.717) is 23.3 Å². The average Bonchev–Trinajstić information content (AvgIpc) is 2.48. The maximum absolute atomic E-state index is 5.65.